The van der Waals surface area contributed by atoms with Crippen LogP contribution in [0.2, 0.25) is 0 Å². The summed E-state index contributed by atoms with van der Waals surface area (Å²) in [6, 6.07) is 5.73. The van der Waals surface area contributed by atoms with Gasteiger partial charge < -0.3 is 9.80 Å². The lowest BCUT2D eigenvalue weighted by Gasteiger charge is -2.35. The van der Waals surface area contributed by atoms with Crippen LogP contribution in [0.15, 0.2) is 61.6 Å². The van der Waals surface area contributed by atoms with Crippen molar-refractivity contribution in [2.75, 3.05) is 36.0 Å². The lowest BCUT2D eigenvalue weighted by atomic mass is 9.95. The van der Waals surface area contributed by atoms with Crippen LogP contribution in [0.5, 0.6) is 0 Å². The number of hydrogen-bond donors (Lipinski definition) is 0. The summed E-state index contributed by atoms with van der Waals surface area (Å²) >= 11 is 0. The second-order valence-corrected chi connectivity index (χ2v) is 9.22. The van der Waals surface area contributed by atoms with Gasteiger partial charge in [-0.3, -0.25) is 4.68 Å². The van der Waals surface area contributed by atoms with Gasteiger partial charge in [-0.05, 0) is 23.3 Å². The Kier molecular flexibility index (Phi) is 5.74. The maximum Gasteiger partial charge on any atom is 0.225 e. The van der Waals surface area contributed by atoms with Crippen molar-refractivity contribution in [3.05, 3.63) is 84.3 Å². The summed E-state index contributed by atoms with van der Waals surface area (Å²) in [4.78, 5) is 18.0. The molecule has 1 saturated heterocycles. The summed E-state index contributed by atoms with van der Waals surface area (Å²) < 4.78 is 31.1. The number of nitrogens with zero attached hydrogens (tertiary/aromatic N) is 9. The Morgan fingerprint density at radius 3 is 2.30 bits per heavy atom. The molecule has 0 N–H and O–H groups in total. The maximum atomic E-state index is 14.2. The van der Waals surface area contributed by atoms with Gasteiger partial charge in [-0.25, -0.2) is 28.2 Å². The van der Waals surface area contributed by atoms with Gasteiger partial charge in [-0.1, -0.05) is 13.0 Å². The molecule has 0 radical (unpaired) electrons. The predicted molar refractivity (Wildman–Crippen MR) is 136 cm³/mol. The monoisotopic (exact) mass is 501 g/mol. The number of aromatic nitrogens is 7. The van der Waals surface area contributed by atoms with Crippen LogP contribution in [0.1, 0.15) is 24.0 Å². The first kappa shape index (κ1) is 23.0. The molecule has 9 nitrogen and oxygen atoms in total. The van der Waals surface area contributed by atoms with Crippen molar-refractivity contribution in [1.82, 2.24) is 34.3 Å². The molecule has 6 rings (SSSR count). The molecule has 0 saturated carbocycles. The minimum absolute atomic E-state index is 0.287. The van der Waals surface area contributed by atoms with Gasteiger partial charge in [-0.2, -0.15) is 10.2 Å². The summed E-state index contributed by atoms with van der Waals surface area (Å²) in [6.07, 6.45) is 10.8. The van der Waals surface area contributed by atoms with Crippen molar-refractivity contribution in [2.24, 2.45) is 7.05 Å². The van der Waals surface area contributed by atoms with E-state index < -0.39 is 11.6 Å². The zero-order chi connectivity index (χ0) is 25.5. The first-order chi connectivity index (χ1) is 18.0. The van der Waals surface area contributed by atoms with Crippen LogP contribution in [-0.4, -0.2) is 60.5 Å². The van der Waals surface area contributed by atoms with Crippen molar-refractivity contribution in [1.29, 1.82) is 0 Å². The fraction of sp³-hybridized carbons (Fsp3) is 0.269. The number of halogens is 2. The third-order valence-electron chi connectivity index (χ3n) is 6.87. The molecule has 11 heteroatoms. The highest BCUT2D eigenvalue weighted by molar-refractivity contribution is 5.77. The molecule has 0 spiro atoms. The minimum atomic E-state index is -0.590. The van der Waals surface area contributed by atoms with E-state index >= 15 is 0 Å². The molecule has 0 bridgehead atoms. The first-order valence-electron chi connectivity index (χ1n) is 12.1. The normalized spacial score (nSPS) is 14.9. The van der Waals surface area contributed by atoms with Crippen LogP contribution >= 0.6 is 0 Å². The third kappa shape index (κ3) is 4.37. The fourth-order valence-electron chi connectivity index (χ4n) is 4.76. The predicted octanol–water partition coefficient (Wildman–Crippen LogP) is 3.68. The van der Waals surface area contributed by atoms with Crippen LogP contribution < -0.4 is 9.80 Å². The van der Waals surface area contributed by atoms with E-state index in [1.165, 1.54) is 12.1 Å². The average Bonchev–Trinajstić information content (AvgIpc) is 3.55. The van der Waals surface area contributed by atoms with Crippen LogP contribution in [-0.2, 0) is 7.05 Å². The van der Waals surface area contributed by atoms with Gasteiger partial charge in [0, 0.05) is 81.1 Å². The van der Waals surface area contributed by atoms with Crippen molar-refractivity contribution >= 4 is 17.3 Å². The topological polar surface area (TPSA) is 80.3 Å². The number of benzene rings is 1. The second kappa shape index (κ2) is 9.23. The van der Waals surface area contributed by atoms with E-state index in [1.807, 2.05) is 37.1 Å². The Morgan fingerprint density at radius 2 is 1.59 bits per heavy atom. The Balaban J connectivity index is 1.15. The molecule has 188 valence electrons. The van der Waals surface area contributed by atoms with E-state index in [9.17, 15) is 8.78 Å². The van der Waals surface area contributed by atoms with Gasteiger partial charge in [-0.15, -0.1) is 0 Å². The van der Waals surface area contributed by atoms with E-state index in [1.54, 1.807) is 23.4 Å². The SMILES string of the molecule is CC(c1cnc(N2CCN(c3ncnn4cc(-c5cnn(C)c5)cc34)CC2)nc1)c1ccc(F)cc1F. The number of hydrogen-bond acceptors (Lipinski definition) is 7. The van der Waals surface area contributed by atoms with Gasteiger partial charge >= 0.3 is 0 Å². The fourth-order valence-corrected chi connectivity index (χ4v) is 4.76. The van der Waals surface area contributed by atoms with E-state index in [0.29, 0.717) is 11.5 Å². The van der Waals surface area contributed by atoms with Gasteiger partial charge in [0.1, 0.15) is 23.5 Å². The third-order valence-corrected chi connectivity index (χ3v) is 6.87. The van der Waals surface area contributed by atoms with E-state index in [4.69, 9.17) is 0 Å². The highest BCUT2D eigenvalue weighted by atomic mass is 19.1. The molecule has 1 aromatic carbocycles. The van der Waals surface area contributed by atoms with Crippen molar-refractivity contribution in [2.45, 2.75) is 12.8 Å². The molecule has 1 aliphatic rings. The lowest BCUT2D eigenvalue weighted by molar-refractivity contribution is 0.567. The van der Waals surface area contributed by atoms with Crippen LogP contribution in [0.3, 0.4) is 0 Å². The molecule has 1 atom stereocenters. The zero-order valence-electron chi connectivity index (χ0n) is 20.5. The molecule has 37 heavy (non-hydrogen) atoms. The van der Waals surface area contributed by atoms with E-state index in [-0.39, 0.29) is 5.92 Å². The van der Waals surface area contributed by atoms with Crippen molar-refractivity contribution < 1.29 is 8.78 Å². The van der Waals surface area contributed by atoms with E-state index in [2.05, 4.69) is 41.0 Å². The molecule has 0 amide bonds. The Labute approximate surface area is 212 Å². The Morgan fingerprint density at radius 1 is 0.838 bits per heavy atom. The molecule has 1 unspecified atom stereocenters. The number of anilines is 2. The standard InChI is InChI=1S/C26H25F2N9/c1-17(22-4-3-21(27)10-23(22)28)19-11-29-26(30-12-19)36-7-5-35(6-8-36)25-24-9-18(15-37(24)33-16-31-25)20-13-32-34(2)14-20/h3-4,9-17H,5-8H2,1-2H3. The first-order valence-corrected chi connectivity index (χ1v) is 12.1. The highest BCUT2D eigenvalue weighted by Crippen LogP contribution is 2.29. The molecule has 1 aliphatic heterocycles. The Hall–Kier alpha value is -4.41. The molecule has 1 fully saturated rings. The molecular weight excluding hydrogens is 476 g/mol. The van der Waals surface area contributed by atoms with Gasteiger partial charge in [0.25, 0.3) is 0 Å². The smallest absolute Gasteiger partial charge is 0.225 e. The van der Waals surface area contributed by atoms with Crippen molar-refractivity contribution in [3.8, 4) is 11.1 Å². The summed E-state index contributed by atoms with van der Waals surface area (Å²) in [6.45, 7) is 4.82. The number of aryl methyl sites for hydroxylation is 1. The lowest BCUT2D eigenvalue weighted by Crippen LogP contribution is -2.47. The number of fused-ring (bicyclic) bond motifs is 1. The van der Waals surface area contributed by atoms with Gasteiger partial charge in [0.15, 0.2) is 5.82 Å². The Bertz CT molecular complexity index is 1550. The summed E-state index contributed by atoms with van der Waals surface area (Å²) in [5, 5.41) is 8.65. The highest BCUT2D eigenvalue weighted by Gasteiger charge is 2.23. The number of piperazine rings is 1. The molecule has 0 aliphatic carbocycles. The van der Waals surface area contributed by atoms with Gasteiger partial charge in [0.2, 0.25) is 5.95 Å². The molecular formula is C26H25F2N9. The maximum absolute atomic E-state index is 14.2. The molecule has 5 heterocycles. The second-order valence-electron chi connectivity index (χ2n) is 9.22. The van der Waals surface area contributed by atoms with Crippen LogP contribution in [0.25, 0.3) is 16.6 Å². The van der Waals surface area contributed by atoms with E-state index in [0.717, 1.165) is 60.3 Å². The van der Waals surface area contributed by atoms with Crippen LogP contribution in [0.4, 0.5) is 20.5 Å². The zero-order valence-corrected chi connectivity index (χ0v) is 20.5. The molecule has 4 aromatic heterocycles. The quantitative estimate of drug-likeness (QED) is 0.364. The van der Waals surface area contributed by atoms with Crippen molar-refractivity contribution in [3.63, 3.8) is 0 Å². The largest absolute Gasteiger partial charge is 0.351 e. The minimum Gasteiger partial charge on any atom is -0.351 e. The van der Waals surface area contributed by atoms with Crippen LogP contribution in [0, 0.1) is 11.6 Å². The summed E-state index contributed by atoms with van der Waals surface area (Å²) in [5.74, 6) is 0.0703. The average molecular weight is 502 g/mol. The number of rotatable bonds is 5. The van der Waals surface area contributed by atoms with Gasteiger partial charge in [0.05, 0.1) is 6.20 Å². The summed E-state index contributed by atoms with van der Waals surface area (Å²) in [7, 11) is 1.90. The molecule has 5 aromatic rings. The summed E-state index contributed by atoms with van der Waals surface area (Å²) in [5.41, 5.74) is 4.20.